The van der Waals surface area contributed by atoms with Gasteiger partial charge in [0.25, 0.3) is 0 Å². The summed E-state index contributed by atoms with van der Waals surface area (Å²) in [5.74, 6) is 1.05. The monoisotopic (exact) mass is 268 g/mol. The van der Waals surface area contributed by atoms with Gasteiger partial charge in [-0.05, 0) is 37.6 Å². The number of hydrogen-bond donors (Lipinski definition) is 2. The molecule has 1 saturated heterocycles. The fourth-order valence-corrected chi connectivity index (χ4v) is 2.30. The molecule has 5 heteroatoms. The standard InChI is InChI=1S/C13H17ClN2O2/c1-18-12-7-10(2-3-11(12)14)16-13(17)6-9-4-5-15-8-9/h2-3,7,9,15H,4-6,8H2,1H3,(H,16,17). The Labute approximate surface area is 112 Å². The highest BCUT2D eigenvalue weighted by molar-refractivity contribution is 6.32. The summed E-state index contributed by atoms with van der Waals surface area (Å²) in [4.78, 5) is 11.8. The van der Waals surface area contributed by atoms with Crippen molar-refractivity contribution < 1.29 is 9.53 Å². The van der Waals surface area contributed by atoms with E-state index in [1.54, 1.807) is 25.3 Å². The van der Waals surface area contributed by atoms with E-state index < -0.39 is 0 Å². The Morgan fingerprint density at radius 2 is 2.44 bits per heavy atom. The predicted molar refractivity (Wildman–Crippen MR) is 72.2 cm³/mol. The van der Waals surface area contributed by atoms with Gasteiger partial charge in [-0.2, -0.15) is 0 Å². The van der Waals surface area contributed by atoms with Crippen LogP contribution in [0, 0.1) is 5.92 Å². The van der Waals surface area contributed by atoms with Crippen LogP contribution in [-0.4, -0.2) is 26.1 Å². The van der Waals surface area contributed by atoms with Gasteiger partial charge >= 0.3 is 0 Å². The molecule has 2 N–H and O–H groups in total. The van der Waals surface area contributed by atoms with Gasteiger partial charge in [0, 0.05) is 18.2 Å². The Kier molecular flexibility index (Phi) is 4.44. The van der Waals surface area contributed by atoms with Gasteiger partial charge in [-0.25, -0.2) is 0 Å². The van der Waals surface area contributed by atoms with Gasteiger partial charge in [0.05, 0.1) is 12.1 Å². The van der Waals surface area contributed by atoms with Crippen LogP contribution in [0.4, 0.5) is 5.69 Å². The molecular weight excluding hydrogens is 252 g/mol. The van der Waals surface area contributed by atoms with Crippen LogP contribution in [0.5, 0.6) is 5.75 Å². The van der Waals surface area contributed by atoms with Crippen LogP contribution in [-0.2, 0) is 4.79 Å². The van der Waals surface area contributed by atoms with Crippen molar-refractivity contribution >= 4 is 23.2 Å². The third-order valence-corrected chi connectivity index (χ3v) is 3.38. The van der Waals surface area contributed by atoms with Gasteiger partial charge in [-0.3, -0.25) is 4.79 Å². The molecule has 0 spiro atoms. The van der Waals surface area contributed by atoms with Gasteiger partial charge in [0.2, 0.25) is 5.91 Å². The molecule has 1 amide bonds. The van der Waals surface area contributed by atoms with Gasteiger partial charge in [-0.1, -0.05) is 11.6 Å². The van der Waals surface area contributed by atoms with Crippen LogP contribution < -0.4 is 15.4 Å². The maximum atomic E-state index is 11.8. The van der Waals surface area contributed by atoms with Crippen molar-refractivity contribution in [3.05, 3.63) is 23.2 Å². The molecule has 4 nitrogen and oxygen atoms in total. The van der Waals surface area contributed by atoms with E-state index in [0.717, 1.165) is 19.5 Å². The summed E-state index contributed by atoms with van der Waals surface area (Å²) in [5, 5.41) is 6.65. The molecule has 0 saturated carbocycles. The van der Waals surface area contributed by atoms with Crippen LogP contribution >= 0.6 is 11.6 Å². The van der Waals surface area contributed by atoms with E-state index in [9.17, 15) is 4.79 Å². The zero-order chi connectivity index (χ0) is 13.0. The van der Waals surface area contributed by atoms with Crippen LogP contribution in [0.15, 0.2) is 18.2 Å². The number of ether oxygens (including phenoxy) is 1. The summed E-state index contributed by atoms with van der Waals surface area (Å²) >= 11 is 5.92. The van der Waals surface area contributed by atoms with Gasteiger partial charge in [0.1, 0.15) is 5.75 Å². The van der Waals surface area contributed by atoms with Crippen LogP contribution in [0.3, 0.4) is 0 Å². The number of hydrogen-bond acceptors (Lipinski definition) is 3. The van der Waals surface area contributed by atoms with Gasteiger partial charge in [0.15, 0.2) is 0 Å². The summed E-state index contributed by atoms with van der Waals surface area (Å²) in [6, 6.07) is 5.22. The second-order valence-electron chi connectivity index (χ2n) is 4.46. The Bertz CT molecular complexity index is 431. The summed E-state index contributed by atoms with van der Waals surface area (Å²) in [7, 11) is 1.55. The highest BCUT2D eigenvalue weighted by Crippen LogP contribution is 2.27. The molecule has 98 valence electrons. The SMILES string of the molecule is COc1cc(NC(=O)CC2CCNC2)ccc1Cl. The number of benzene rings is 1. The molecule has 1 aliphatic heterocycles. The number of halogens is 1. The molecule has 0 bridgehead atoms. The average molecular weight is 269 g/mol. The Morgan fingerprint density at radius 3 is 3.11 bits per heavy atom. The van der Waals surface area contributed by atoms with E-state index in [0.29, 0.717) is 28.8 Å². The normalized spacial score (nSPS) is 18.7. The van der Waals surface area contributed by atoms with Crippen LogP contribution in [0.1, 0.15) is 12.8 Å². The Balaban J connectivity index is 1.93. The first kappa shape index (κ1) is 13.2. The molecular formula is C13H17ClN2O2. The van der Waals surface area contributed by atoms with E-state index in [1.807, 2.05) is 0 Å². The largest absolute Gasteiger partial charge is 0.495 e. The molecule has 1 aliphatic rings. The van der Waals surface area contributed by atoms with E-state index in [2.05, 4.69) is 10.6 Å². The molecule has 1 heterocycles. The second-order valence-corrected chi connectivity index (χ2v) is 4.87. The number of rotatable bonds is 4. The van der Waals surface area contributed by atoms with E-state index in [4.69, 9.17) is 16.3 Å². The second kappa shape index (κ2) is 6.07. The van der Waals surface area contributed by atoms with Gasteiger partial charge < -0.3 is 15.4 Å². The molecule has 1 atom stereocenters. The predicted octanol–water partition coefficient (Wildman–Crippen LogP) is 2.29. The molecule has 18 heavy (non-hydrogen) atoms. The lowest BCUT2D eigenvalue weighted by Gasteiger charge is -2.10. The maximum absolute atomic E-state index is 11.8. The highest BCUT2D eigenvalue weighted by Gasteiger charge is 2.18. The molecule has 0 radical (unpaired) electrons. The summed E-state index contributed by atoms with van der Waals surface area (Å²) in [6.07, 6.45) is 1.62. The summed E-state index contributed by atoms with van der Waals surface area (Å²) < 4.78 is 5.11. The van der Waals surface area contributed by atoms with E-state index in [-0.39, 0.29) is 5.91 Å². The van der Waals surface area contributed by atoms with Crippen molar-refractivity contribution in [3.63, 3.8) is 0 Å². The zero-order valence-electron chi connectivity index (χ0n) is 10.3. The van der Waals surface area contributed by atoms with Gasteiger partial charge in [-0.15, -0.1) is 0 Å². The topological polar surface area (TPSA) is 50.4 Å². The first-order valence-corrected chi connectivity index (χ1v) is 6.41. The Hall–Kier alpha value is -1.26. The Morgan fingerprint density at radius 1 is 1.61 bits per heavy atom. The number of methoxy groups -OCH3 is 1. The number of carbonyl (C=O) groups excluding carboxylic acids is 1. The summed E-state index contributed by atoms with van der Waals surface area (Å²) in [5.41, 5.74) is 0.715. The quantitative estimate of drug-likeness (QED) is 0.881. The minimum Gasteiger partial charge on any atom is -0.495 e. The van der Waals surface area contributed by atoms with E-state index >= 15 is 0 Å². The fourth-order valence-electron chi connectivity index (χ4n) is 2.10. The third kappa shape index (κ3) is 3.37. The molecule has 2 rings (SSSR count). The van der Waals surface area contributed by atoms with Crippen molar-refractivity contribution in [2.45, 2.75) is 12.8 Å². The molecule has 1 aromatic carbocycles. The zero-order valence-corrected chi connectivity index (χ0v) is 11.1. The lowest BCUT2D eigenvalue weighted by Crippen LogP contribution is -2.18. The molecule has 0 aliphatic carbocycles. The number of amides is 1. The lowest BCUT2D eigenvalue weighted by molar-refractivity contribution is -0.116. The van der Waals surface area contributed by atoms with Crippen LogP contribution in [0.25, 0.3) is 0 Å². The van der Waals surface area contributed by atoms with Crippen molar-refractivity contribution in [2.75, 3.05) is 25.5 Å². The average Bonchev–Trinajstić information content (AvgIpc) is 2.84. The lowest BCUT2D eigenvalue weighted by atomic mass is 10.0. The minimum absolute atomic E-state index is 0.0353. The van der Waals surface area contributed by atoms with Crippen molar-refractivity contribution in [1.82, 2.24) is 5.32 Å². The molecule has 0 aromatic heterocycles. The maximum Gasteiger partial charge on any atom is 0.224 e. The van der Waals surface area contributed by atoms with Crippen molar-refractivity contribution in [3.8, 4) is 5.75 Å². The van der Waals surface area contributed by atoms with Crippen molar-refractivity contribution in [1.29, 1.82) is 0 Å². The molecule has 1 unspecified atom stereocenters. The highest BCUT2D eigenvalue weighted by atomic mass is 35.5. The van der Waals surface area contributed by atoms with Crippen molar-refractivity contribution in [2.24, 2.45) is 5.92 Å². The minimum atomic E-state index is 0.0353. The first-order chi connectivity index (χ1) is 8.69. The smallest absolute Gasteiger partial charge is 0.224 e. The summed E-state index contributed by atoms with van der Waals surface area (Å²) in [6.45, 7) is 1.93. The van der Waals surface area contributed by atoms with E-state index in [1.165, 1.54) is 0 Å². The number of anilines is 1. The van der Waals surface area contributed by atoms with Crippen LogP contribution in [0.2, 0.25) is 5.02 Å². The molecule has 1 fully saturated rings. The third-order valence-electron chi connectivity index (χ3n) is 3.07. The first-order valence-electron chi connectivity index (χ1n) is 6.03. The fraction of sp³-hybridized carbons (Fsp3) is 0.462. The number of carbonyl (C=O) groups is 1. The number of nitrogens with one attached hydrogen (secondary N) is 2. The molecule has 1 aromatic rings.